The van der Waals surface area contributed by atoms with E-state index in [-0.39, 0.29) is 18.0 Å². The summed E-state index contributed by atoms with van der Waals surface area (Å²) in [6, 6.07) is 0.0699. The maximum Gasteiger partial charge on any atom is 0.317 e. The summed E-state index contributed by atoms with van der Waals surface area (Å²) >= 11 is 0. The third-order valence-electron chi connectivity index (χ3n) is 4.58. The van der Waals surface area contributed by atoms with E-state index >= 15 is 0 Å². The van der Waals surface area contributed by atoms with Gasteiger partial charge in [0.25, 0.3) is 0 Å². The molecule has 2 N–H and O–H groups in total. The van der Waals surface area contributed by atoms with Gasteiger partial charge in [-0.1, -0.05) is 34.1 Å². The van der Waals surface area contributed by atoms with E-state index in [0.29, 0.717) is 19.5 Å². The zero-order chi connectivity index (χ0) is 15.3. The Bertz CT molecular complexity index is 357. The van der Waals surface area contributed by atoms with E-state index < -0.39 is 11.4 Å². The van der Waals surface area contributed by atoms with Crippen LogP contribution in [-0.4, -0.2) is 41.1 Å². The van der Waals surface area contributed by atoms with Gasteiger partial charge in [0.15, 0.2) is 0 Å². The maximum absolute atomic E-state index is 12.2. The molecule has 1 aliphatic rings. The predicted octanol–water partition coefficient (Wildman–Crippen LogP) is 2.71. The minimum atomic E-state index is -0.789. The van der Waals surface area contributed by atoms with Crippen LogP contribution < -0.4 is 5.32 Å². The van der Waals surface area contributed by atoms with Gasteiger partial charge in [-0.25, -0.2) is 4.79 Å². The molecule has 0 saturated carbocycles. The fourth-order valence-electron chi connectivity index (χ4n) is 2.89. The number of rotatable bonds is 6. The van der Waals surface area contributed by atoms with Gasteiger partial charge in [0.1, 0.15) is 0 Å². The first-order valence-electron chi connectivity index (χ1n) is 7.66. The fourth-order valence-corrected chi connectivity index (χ4v) is 2.89. The standard InChI is InChI=1S/C15H28N2O3/c1-5-7-12(6-2)16-14(20)17-9-8-15(10-17,11(3)4)13(18)19/h11-12H,5-10H2,1-4H3,(H,16,20)(H,18,19). The number of aliphatic carboxylic acids is 1. The Morgan fingerprint density at radius 2 is 2.00 bits per heavy atom. The van der Waals surface area contributed by atoms with Gasteiger partial charge in [0.05, 0.1) is 5.41 Å². The lowest BCUT2D eigenvalue weighted by Gasteiger charge is -2.29. The highest BCUT2D eigenvalue weighted by atomic mass is 16.4. The molecule has 20 heavy (non-hydrogen) atoms. The molecule has 1 heterocycles. The molecule has 0 aromatic heterocycles. The number of amides is 2. The highest BCUT2D eigenvalue weighted by Crippen LogP contribution is 2.38. The molecule has 1 rings (SSSR count). The summed E-state index contributed by atoms with van der Waals surface area (Å²) in [5.74, 6) is -0.765. The number of likely N-dealkylation sites (tertiary alicyclic amines) is 1. The summed E-state index contributed by atoms with van der Waals surface area (Å²) in [4.78, 5) is 25.5. The molecule has 2 atom stereocenters. The van der Waals surface area contributed by atoms with Gasteiger partial charge in [0, 0.05) is 19.1 Å². The summed E-state index contributed by atoms with van der Waals surface area (Å²) in [5, 5.41) is 12.5. The Kier molecular flexibility index (Phi) is 5.84. The van der Waals surface area contributed by atoms with Crippen LogP contribution in [0.3, 0.4) is 0 Å². The van der Waals surface area contributed by atoms with Crippen molar-refractivity contribution in [2.45, 2.75) is 59.4 Å². The predicted molar refractivity (Wildman–Crippen MR) is 78.6 cm³/mol. The molecule has 0 radical (unpaired) electrons. The lowest BCUT2D eigenvalue weighted by atomic mass is 9.76. The minimum Gasteiger partial charge on any atom is -0.481 e. The maximum atomic E-state index is 12.2. The Balaban J connectivity index is 2.67. The monoisotopic (exact) mass is 284 g/mol. The van der Waals surface area contributed by atoms with Crippen LogP contribution >= 0.6 is 0 Å². The zero-order valence-electron chi connectivity index (χ0n) is 13.1. The Morgan fingerprint density at radius 1 is 1.35 bits per heavy atom. The summed E-state index contributed by atoms with van der Waals surface area (Å²) in [5.41, 5.74) is -0.788. The number of hydrogen-bond acceptors (Lipinski definition) is 2. The fraction of sp³-hybridized carbons (Fsp3) is 0.867. The van der Waals surface area contributed by atoms with Crippen molar-refractivity contribution >= 4 is 12.0 Å². The van der Waals surface area contributed by atoms with Crippen LogP contribution in [0.25, 0.3) is 0 Å². The van der Waals surface area contributed by atoms with Gasteiger partial charge in [-0.05, 0) is 25.2 Å². The highest BCUT2D eigenvalue weighted by Gasteiger charge is 2.48. The van der Waals surface area contributed by atoms with Crippen LogP contribution in [0, 0.1) is 11.3 Å². The van der Waals surface area contributed by atoms with Gasteiger partial charge in [-0.15, -0.1) is 0 Å². The van der Waals surface area contributed by atoms with Gasteiger partial charge in [-0.2, -0.15) is 0 Å². The van der Waals surface area contributed by atoms with Crippen molar-refractivity contribution in [3.63, 3.8) is 0 Å². The van der Waals surface area contributed by atoms with Crippen LogP contribution in [0.2, 0.25) is 0 Å². The Hall–Kier alpha value is -1.26. The molecular formula is C15H28N2O3. The van der Waals surface area contributed by atoms with E-state index in [9.17, 15) is 14.7 Å². The molecule has 0 aromatic rings. The van der Waals surface area contributed by atoms with Crippen LogP contribution in [0.1, 0.15) is 53.4 Å². The molecule has 0 aromatic carbocycles. The molecule has 0 bridgehead atoms. The number of nitrogens with zero attached hydrogens (tertiary/aromatic N) is 1. The number of carbonyl (C=O) groups is 2. The summed E-state index contributed by atoms with van der Waals surface area (Å²) < 4.78 is 0. The molecule has 116 valence electrons. The van der Waals surface area contributed by atoms with E-state index in [0.717, 1.165) is 19.3 Å². The molecule has 0 aliphatic carbocycles. The largest absolute Gasteiger partial charge is 0.481 e. The highest BCUT2D eigenvalue weighted by molar-refractivity contribution is 5.80. The van der Waals surface area contributed by atoms with E-state index in [2.05, 4.69) is 19.2 Å². The minimum absolute atomic E-state index is 0.0235. The first-order chi connectivity index (χ1) is 9.37. The van der Waals surface area contributed by atoms with Crippen LogP contribution in [0.15, 0.2) is 0 Å². The van der Waals surface area contributed by atoms with E-state index in [1.165, 1.54) is 0 Å². The third-order valence-corrected chi connectivity index (χ3v) is 4.58. The molecule has 2 amide bonds. The van der Waals surface area contributed by atoms with Crippen molar-refractivity contribution in [1.82, 2.24) is 10.2 Å². The van der Waals surface area contributed by atoms with E-state index in [1.54, 1.807) is 4.90 Å². The van der Waals surface area contributed by atoms with Crippen molar-refractivity contribution in [3.8, 4) is 0 Å². The smallest absolute Gasteiger partial charge is 0.317 e. The van der Waals surface area contributed by atoms with Crippen LogP contribution in [-0.2, 0) is 4.79 Å². The molecule has 1 fully saturated rings. The normalized spacial score (nSPS) is 23.9. The topological polar surface area (TPSA) is 69.6 Å². The number of carboxylic acids is 1. The molecule has 2 unspecified atom stereocenters. The van der Waals surface area contributed by atoms with Crippen molar-refractivity contribution in [1.29, 1.82) is 0 Å². The number of carbonyl (C=O) groups excluding carboxylic acids is 1. The van der Waals surface area contributed by atoms with E-state index in [1.807, 2.05) is 13.8 Å². The molecule has 1 aliphatic heterocycles. The lowest BCUT2D eigenvalue weighted by molar-refractivity contribution is -0.150. The summed E-state index contributed by atoms with van der Waals surface area (Å²) in [6.45, 7) is 8.83. The van der Waals surface area contributed by atoms with Gasteiger partial charge < -0.3 is 15.3 Å². The van der Waals surface area contributed by atoms with Crippen molar-refractivity contribution in [2.75, 3.05) is 13.1 Å². The molecule has 5 heteroatoms. The first kappa shape index (κ1) is 16.8. The molecule has 1 saturated heterocycles. The number of urea groups is 1. The SMILES string of the molecule is CCCC(CC)NC(=O)N1CCC(C(=O)O)(C(C)C)C1. The van der Waals surface area contributed by atoms with Gasteiger partial charge in [-0.3, -0.25) is 4.79 Å². The summed E-state index contributed by atoms with van der Waals surface area (Å²) in [6.07, 6.45) is 3.44. The summed E-state index contributed by atoms with van der Waals surface area (Å²) in [7, 11) is 0. The average Bonchev–Trinajstić information content (AvgIpc) is 2.84. The number of hydrogen-bond donors (Lipinski definition) is 2. The van der Waals surface area contributed by atoms with Crippen molar-refractivity contribution < 1.29 is 14.7 Å². The second-order valence-electron chi connectivity index (χ2n) is 6.13. The van der Waals surface area contributed by atoms with Crippen molar-refractivity contribution in [3.05, 3.63) is 0 Å². The van der Waals surface area contributed by atoms with Gasteiger partial charge >= 0.3 is 12.0 Å². The lowest BCUT2D eigenvalue weighted by Crippen LogP contribution is -2.46. The Morgan fingerprint density at radius 3 is 2.40 bits per heavy atom. The molecule has 5 nitrogen and oxygen atoms in total. The zero-order valence-corrected chi connectivity index (χ0v) is 13.1. The number of nitrogens with one attached hydrogen (secondary N) is 1. The number of carboxylic acid groups (broad SMARTS) is 1. The molecule has 0 spiro atoms. The van der Waals surface area contributed by atoms with Crippen LogP contribution in [0.5, 0.6) is 0 Å². The van der Waals surface area contributed by atoms with Crippen LogP contribution in [0.4, 0.5) is 4.79 Å². The average molecular weight is 284 g/mol. The quantitative estimate of drug-likeness (QED) is 0.788. The first-order valence-corrected chi connectivity index (χ1v) is 7.66. The van der Waals surface area contributed by atoms with E-state index in [4.69, 9.17) is 0 Å². The molecular weight excluding hydrogens is 256 g/mol. The van der Waals surface area contributed by atoms with Gasteiger partial charge in [0.2, 0.25) is 0 Å². The third kappa shape index (κ3) is 3.44. The second kappa shape index (κ2) is 6.95. The second-order valence-corrected chi connectivity index (χ2v) is 6.13. The van der Waals surface area contributed by atoms with Crippen molar-refractivity contribution in [2.24, 2.45) is 11.3 Å². The Labute approximate surface area is 121 Å².